The van der Waals surface area contributed by atoms with Crippen LogP contribution in [0.5, 0.6) is 0 Å². The molecule has 0 fully saturated rings. The van der Waals surface area contributed by atoms with Crippen molar-refractivity contribution < 1.29 is 8.78 Å². The molecule has 5 heteroatoms. The van der Waals surface area contributed by atoms with Crippen molar-refractivity contribution in [1.29, 1.82) is 0 Å². The third kappa shape index (κ3) is 2.31. The number of aromatic nitrogens is 1. The van der Waals surface area contributed by atoms with Gasteiger partial charge in [0.1, 0.15) is 11.3 Å². The highest BCUT2D eigenvalue weighted by Crippen LogP contribution is 2.37. The van der Waals surface area contributed by atoms with Crippen molar-refractivity contribution in [3.05, 3.63) is 33.4 Å². The molecule has 0 radical (unpaired) electrons. The van der Waals surface area contributed by atoms with Crippen LogP contribution in [-0.4, -0.2) is 11.5 Å². The Kier molecular flexibility index (Phi) is 4.04. The lowest BCUT2D eigenvalue weighted by molar-refractivity contribution is 0.586. The van der Waals surface area contributed by atoms with Gasteiger partial charge >= 0.3 is 0 Å². The predicted molar refractivity (Wildman–Crippen MR) is 77.6 cm³/mol. The van der Waals surface area contributed by atoms with Gasteiger partial charge in [-0.15, -0.1) is 0 Å². The molecular weight excluding hydrogens is 314 g/mol. The van der Waals surface area contributed by atoms with Crippen molar-refractivity contribution >= 4 is 32.5 Å². The molecule has 1 aromatic heterocycles. The topological polar surface area (TPSA) is 24.9 Å². The van der Waals surface area contributed by atoms with Crippen molar-refractivity contribution in [3.63, 3.8) is 0 Å². The monoisotopic (exact) mass is 328 g/mol. The largest absolute Gasteiger partial charge is 0.384 e. The quantitative estimate of drug-likeness (QED) is 0.834. The van der Waals surface area contributed by atoms with E-state index >= 15 is 0 Å². The predicted octanol–water partition coefficient (Wildman–Crippen LogP) is 4.58. The molecule has 0 saturated heterocycles. The molecule has 0 bridgehead atoms. The van der Waals surface area contributed by atoms with Gasteiger partial charge in [-0.3, -0.25) is 0 Å². The first-order valence-corrected chi connectivity index (χ1v) is 7.01. The number of fused-ring (bicyclic) bond motifs is 1. The number of pyridine rings is 1. The van der Waals surface area contributed by atoms with E-state index in [1.807, 2.05) is 20.8 Å². The number of nitrogens with zero attached hydrogens (tertiary/aromatic N) is 1. The van der Waals surface area contributed by atoms with Crippen LogP contribution in [0.15, 0.2) is 10.5 Å². The number of aryl methyl sites for hydroxylation is 1. The zero-order chi connectivity index (χ0) is 14.2. The van der Waals surface area contributed by atoms with E-state index in [0.29, 0.717) is 11.9 Å². The first kappa shape index (κ1) is 14.2. The standard InChI is InChI=1S/C14H15BrF2N2/c1-4-8-7(3)19-14-10(17)6-9(16)12(15)11(14)13(8)18-5-2/h6H,4-5H2,1-3H3,(H,18,19). The van der Waals surface area contributed by atoms with Crippen molar-refractivity contribution in [2.75, 3.05) is 11.9 Å². The fourth-order valence-electron chi connectivity index (χ4n) is 2.29. The van der Waals surface area contributed by atoms with E-state index < -0.39 is 11.6 Å². The lowest BCUT2D eigenvalue weighted by Gasteiger charge is -2.17. The normalized spacial score (nSPS) is 11.1. The molecule has 0 spiro atoms. The van der Waals surface area contributed by atoms with Crippen LogP contribution in [0.2, 0.25) is 0 Å². The van der Waals surface area contributed by atoms with Crippen LogP contribution in [0.25, 0.3) is 10.9 Å². The van der Waals surface area contributed by atoms with Crippen molar-refractivity contribution in [2.45, 2.75) is 27.2 Å². The fourth-order valence-corrected chi connectivity index (χ4v) is 2.80. The SMILES string of the molecule is CCNc1c(CC)c(C)nc2c(F)cc(F)c(Br)c12. The smallest absolute Gasteiger partial charge is 0.152 e. The van der Waals surface area contributed by atoms with Crippen LogP contribution in [0.4, 0.5) is 14.5 Å². The molecule has 2 aromatic rings. The summed E-state index contributed by atoms with van der Waals surface area (Å²) >= 11 is 3.20. The average Bonchev–Trinajstić information content (AvgIpc) is 2.36. The van der Waals surface area contributed by atoms with Crippen molar-refractivity contribution in [3.8, 4) is 0 Å². The zero-order valence-corrected chi connectivity index (χ0v) is 12.7. The Balaban J connectivity index is 2.97. The van der Waals surface area contributed by atoms with E-state index in [-0.39, 0.29) is 9.99 Å². The maximum absolute atomic E-state index is 13.9. The van der Waals surface area contributed by atoms with Gasteiger partial charge in [0.2, 0.25) is 0 Å². The summed E-state index contributed by atoms with van der Waals surface area (Å²) in [6.45, 7) is 6.47. The van der Waals surface area contributed by atoms with Gasteiger partial charge in [-0.05, 0) is 41.8 Å². The summed E-state index contributed by atoms with van der Waals surface area (Å²) in [6, 6.07) is 0.861. The third-order valence-electron chi connectivity index (χ3n) is 3.12. The van der Waals surface area contributed by atoms with Crippen molar-refractivity contribution in [2.24, 2.45) is 0 Å². The summed E-state index contributed by atoms with van der Waals surface area (Å²) in [5, 5.41) is 3.68. The molecule has 0 atom stereocenters. The van der Waals surface area contributed by atoms with Crippen molar-refractivity contribution in [1.82, 2.24) is 4.98 Å². The number of anilines is 1. The van der Waals surface area contributed by atoms with Gasteiger partial charge in [0.05, 0.1) is 4.47 Å². The number of halogens is 3. The molecule has 0 unspecified atom stereocenters. The Morgan fingerprint density at radius 3 is 2.53 bits per heavy atom. The van der Waals surface area contributed by atoms with Gasteiger partial charge in [-0.25, -0.2) is 13.8 Å². The maximum Gasteiger partial charge on any atom is 0.152 e. The van der Waals surface area contributed by atoms with Crippen LogP contribution < -0.4 is 5.32 Å². The minimum atomic E-state index is -0.638. The lowest BCUT2D eigenvalue weighted by Crippen LogP contribution is -2.06. The Hall–Kier alpha value is -1.23. The number of benzene rings is 1. The minimum absolute atomic E-state index is 0.193. The van der Waals surface area contributed by atoms with E-state index in [0.717, 1.165) is 29.4 Å². The molecule has 1 N–H and O–H groups in total. The summed E-state index contributed by atoms with van der Waals surface area (Å²) < 4.78 is 27.9. The second-order valence-electron chi connectivity index (χ2n) is 4.31. The van der Waals surface area contributed by atoms with Gasteiger partial charge in [0.15, 0.2) is 5.82 Å². The fraction of sp³-hybridized carbons (Fsp3) is 0.357. The summed E-state index contributed by atoms with van der Waals surface area (Å²) in [6.07, 6.45) is 0.752. The Morgan fingerprint density at radius 2 is 1.95 bits per heavy atom. The second kappa shape index (κ2) is 5.41. The average molecular weight is 329 g/mol. The lowest BCUT2D eigenvalue weighted by atomic mass is 10.0. The van der Waals surface area contributed by atoms with E-state index in [4.69, 9.17) is 0 Å². The van der Waals surface area contributed by atoms with Gasteiger partial charge in [-0.2, -0.15) is 0 Å². The molecular formula is C14H15BrF2N2. The molecule has 1 heterocycles. The number of hydrogen-bond acceptors (Lipinski definition) is 2. The first-order chi connectivity index (χ1) is 9.01. The Morgan fingerprint density at radius 1 is 1.26 bits per heavy atom. The van der Waals surface area contributed by atoms with E-state index in [1.54, 1.807) is 0 Å². The summed E-state index contributed by atoms with van der Waals surface area (Å²) in [5.41, 5.74) is 2.71. The maximum atomic E-state index is 13.9. The van der Waals surface area contributed by atoms with Crippen LogP contribution >= 0.6 is 15.9 Å². The zero-order valence-electron chi connectivity index (χ0n) is 11.1. The molecule has 0 saturated carbocycles. The van der Waals surface area contributed by atoms with Crippen LogP contribution in [0, 0.1) is 18.6 Å². The molecule has 102 valence electrons. The molecule has 19 heavy (non-hydrogen) atoms. The second-order valence-corrected chi connectivity index (χ2v) is 5.11. The summed E-state index contributed by atoms with van der Waals surface area (Å²) in [7, 11) is 0. The van der Waals surface area contributed by atoms with Crippen LogP contribution in [0.1, 0.15) is 25.1 Å². The molecule has 2 rings (SSSR count). The van der Waals surface area contributed by atoms with Crippen LogP contribution in [-0.2, 0) is 6.42 Å². The van der Waals surface area contributed by atoms with E-state index in [1.165, 1.54) is 0 Å². The molecule has 0 aliphatic heterocycles. The van der Waals surface area contributed by atoms with Gasteiger partial charge < -0.3 is 5.32 Å². The number of rotatable bonds is 3. The summed E-state index contributed by atoms with van der Waals surface area (Å²) in [5.74, 6) is -1.25. The van der Waals surface area contributed by atoms with Gasteiger partial charge in [0, 0.05) is 29.4 Å². The highest BCUT2D eigenvalue weighted by Gasteiger charge is 2.19. The number of nitrogens with one attached hydrogen (secondary N) is 1. The van der Waals surface area contributed by atoms with Crippen LogP contribution in [0.3, 0.4) is 0 Å². The highest BCUT2D eigenvalue weighted by atomic mass is 79.9. The molecule has 0 aliphatic carbocycles. The van der Waals surface area contributed by atoms with Gasteiger partial charge in [0.25, 0.3) is 0 Å². The highest BCUT2D eigenvalue weighted by molar-refractivity contribution is 9.10. The van der Waals surface area contributed by atoms with E-state index in [9.17, 15) is 8.78 Å². The first-order valence-electron chi connectivity index (χ1n) is 6.21. The Labute approximate surface area is 119 Å². The van der Waals surface area contributed by atoms with Gasteiger partial charge in [-0.1, -0.05) is 6.92 Å². The molecule has 0 aliphatic rings. The number of hydrogen-bond donors (Lipinski definition) is 1. The van der Waals surface area contributed by atoms with E-state index in [2.05, 4.69) is 26.2 Å². The minimum Gasteiger partial charge on any atom is -0.384 e. The Bertz CT molecular complexity index is 641. The molecule has 2 nitrogen and oxygen atoms in total. The molecule has 1 aromatic carbocycles. The molecule has 0 amide bonds. The summed E-state index contributed by atoms with van der Waals surface area (Å²) in [4.78, 5) is 4.28. The third-order valence-corrected chi connectivity index (χ3v) is 3.90.